The van der Waals surface area contributed by atoms with Gasteiger partial charge in [-0.15, -0.1) is 0 Å². The molecule has 0 heterocycles. The molecule has 0 radical (unpaired) electrons. The van der Waals surface area contributed by atoms with Crippen molar-refractivity contribution in [1.82, 2.24) is 5.32 Å². The van der Waals surface area contributed by atoms with Gasteiger partial charge in [0.2, 0.25) is 0 Å². The summed E-state index contributed by atoms with van der Waals surface area (Å²) in [6.07, 6.45) is -0.600. The summed E-state index contributed by atoms with van der Waals surface area (Å²) in [5.41, 5.74) is 0.998. The number of ether oxygens (including phenoxy) is 2. The molecule has 0 aliphatic carbocycles. The van der Waals surface area contributed by atoms with Crippen molar-refractivity contribution in [2.45, 2.75) is 26.0 Å². The Balaban J connectivity index is 1.92. The van der Waals surface area contributed by atoms with Gasteiger partial charge in [-0.1, -0.05) is 23.7 Å². The first kappa shape index (κ1) is 17.2. The predicted molar refractivity (Wildman–Crippen MR) is 91.1 cm³/mol. The van der Waals surface area contributed by atoms with Gasteiger partial charge >= 0.3 is 0 Å². The Labute approximate surface area is 141 Å². The van der Waals surface area contributed by atoms with Gasteiger partial charge < -0.3 is 14.8 Å². The van der Waals surface area contributed by atoms with E-state index in [-0.39, 0.29) is 11.9 Å². The number of hydrogen-bond donors (Lipinski definition) is 1. The molecule has 0 fully saturated rings. The van der Waals surface area contributed by atoms with Gasteiger partial charge in [-0.05, 0) is 55.8 Å². The molecular weight excluding hydrogens is 314 g/mol. The SMILES string of the molecule is COc1ccc([C@H](C)NC(=O)[C@@H](C)Oc2ccc(Cl)cc2)cc1. The first-order chi connectivity index (χ1) is 11.0. The van der Waals surface area contributed by atoms with Crippen LogP contribution in [-0.2, 0) is 4.79 Å². The van der Waals surface area contributed by atoms with E-state index in [1.165, 1.54) is 0 Å². The summed E-state index contributed by atoms with van der Waals surface area (Å²) in [5, 5.41) is 3.56. The van der Waals surface area contributed by atoms with Crippen molar-refractivity contribution in [3.63, 3.8) is 0 Å². The molecule has 2 rings (SSSR count). The number of carbonyl (C=O) groups excluding carboxylic acids is 1. The highest BCUT2D eigenvalue weighted by atomic mass is 35.5. The minimum absolute atomic E-state index is 0.121. The summed E-state index contributed by atoms with van der Waals surface area (Å²) < 4.78 is 10.7. The van der Waals surface area contributed by atoms with Gasteiger partial charge in [0.15, 0.2) is 6.10 Å². The van der Waals surface area contributed by atoms with Gasteiger partial charge in [-0.25, -0.2) is 0 Å². The molecule has 0 spiro atoms. The second kappa shape index (κ2) is 7.88. The molecule has 0 saturated carbocycles. The van der Waals surface area contributed by atoms with Crippen LogP contribution in [0.2, 0.25) is 5.02 Å². The lowest BCUT2D eigenvalue weighted by Crippen LogP contribution is -2.37. The average molecular weight is 334 g/mol. The first-order valence-electron chi connectivity index (χ1n) is 7.36. The van der Waals surface area contributed by atoms with E-state index in [4.69, 9.17) is 21.1 Å². The number of methoxy groups -OCH3 is 1. The van der Waals surface area contributed by atoms with Crippen LogP contribution in [-0.4, -0.2) is 19.1 Å². The third kappa shape index (κ3) is 4.89. The molecule has 23 heavy (non-hydrogen) atoms. The van der Waals surface area contributed by atoms with E-state index in [0.29, 0.717) is 10.8 Å². The second-order valence-corrected chi connectivity index (χ2v) is 5.65. The van der Waals surface area contributed by atoms with Crippen molar-refractivity contribution >= 4 is 17.5 Å². The Hall–Kier alpha value is -2.20. The summed E-state index contributed by atoms with van der Waals surface area (Å²) >= 11 is 5.83. The predicted octanol–water partition coefficient (Wildman–Crippen LogP) is 3.99. The lowest BCUT2D eigenvalue weighted by molar-refractivity contribution is -0.127. The molecule has 0 aromatic heterocycles. The van der Waals surface area contributed by atoms with Crippen molar-refractivity contribution in [2.24, 2.45) is 0 Å². The van der Waals surface area contributed by atoms with Crippen molar-refractivity contribution in [1.29, 1.82) is 0 Å². The second-order valence-electron chi connectivity index (χ2n) is 5.22. The Morgan fingerprint density at radius 3 is 2.13 bits per heavy atom. The highest BCUT2D eigenvalue weighted by Gasteiger charge is 2.17. The van der Waals surface area contributed by atoms with Crippen LogP contribution in [0.15, 0.2) is 48.5 Å². The molecule has 4 nitrogen and oxygen atoms in total. The lowest BCUT2D eigenvalue weighted by atomic mass is 10.1. The fourth-order valence-electron chi connectivity index (χ4n) is 2.08. The molecule has 0 bridgehead atoms. The molecule has 2 atom stereocenters. The maximum absolute atomic E-state index is 12.2. The minimum Gasteiger partial charge on any atom is -0.497 e. The van der Waals surface area contributed by atoms with E-state index < -0.39 is 6.10 Å². The highest BCUT2D eigenvalue weighted by molar-refractivity contribution is 6.30. The molecule has 2 aromatic rings. The molecule has 0 aliphatic heterocycles. The molecule has 0 unspecified atom stereocenters. The number of benzene rings is 2. The molecule has 122 valence electrons. The number of hydrogen-bond acceptors (Lipinski definition) is 3. The molecule has 5 heteroatoms. The molecular formula is C18H20ClNO3. The largest absolute Gasteiger partial charge is 0.497 e. The Morgan fingerprint density at radius 2 is 1.57 bits per heavy atom. The zero-order chi connectivity index (χ0) is 16.8. The van der Waals surface area contributed by atoms with Crippen LogP contribution < -0.4 is 14.8 Å². The van der Waals surface area contributed by atoms with E-state index in [0.717, 1.165) is 11.3 Å². The van der Waals surface area contributed by atoms with Crippen LogP contribution in [0, 0.1) is 0 Å². The first-order valence-corrected chi connectivity index (χ1v) is 7.74. The van der Waals surface area contributed by atoms with Gasteiger partial charge in [-0.2, -0.15) is 0 Å². The number of rotatable bonds is 6. The Morgan fingerprint density at radius 1 is 1.00 bits per heavy atom. The summed E-state index contributed by atoms with van der Waals surface area (Å²) in [6.45, 7) is 3.64. The highest BCUT2D eigenvalue weighted by Crippen LogP contribution is 2.19. The van der Waals surface area contributed by atoms with E-state index in [1.54, 1.807) is 38.3 Å². The van der Waals surface area contributed by atoms with Gasteiger partial charge in [0.05, 0.1) is 13.2 Å². The van der Waals surface area contributed by atoms with Crippen molar-refractivity contribution < 1.29 is 14.3 Å². The number of carbonyl (C=O) groups is 1. The van der Waals surface area contributed by atoms with Crippen LogP contribution in [0.5, 0.6) is 11.5 Å². The number of amides is 1. The van der Waals surface area contributed by atoms with Crippen LogP contribution in [0.1, 0.15) is 25.5 Å². The fraction of sp³-hybridized carbons (Fsp3) is 0.278. The number of nitrogens with one attached hydrogen (secondary N) is 1. The molecule has 0 saturated heterocycles. The van der Waals surface area contributed by atoms with Crippen LogP contribution >= 0.6 is 11.6 Å². The smallest absolute Gasteiger partial charge is 0.261 e. The number of halogens is 1. The summed E-state index contributed by atoms with van der Waals surface area (Å²) in [4.78, 5) is 12.2. The monoisotopic (exact) mass is 333 g/mol. The van der Waals surface area contributed by atoms with Gasteiger partial charge in [0.1, 0.15) is 11.5 Å². The Bertz CT molecular complexity index is 640. The third-order valence-electron chi connectivity index (χ3n) is 3.47. The third-order valence-corrected chi connectivity index (χ3v) is 3.72. The van der Waals surface area contributed by atoms with Gasteiger partial charge in [0, 0.05) is 5.02 Å². The van der Waals surface area contributed by atoms with Crippen molar-refractivity contribution in [2.75, 3.05) is 7.11 Å². The van der Waals surface area contributed by atoms with Crippen molar-refractivity contribution in [3.05, 3.63) is 59.1 Å². The maximum atomic E-state index is 12.2. The van der Waals surface area contributed by atoms with Crippen LogP contribution in [0.25, 0.3) is 0 Å². The zero-order valence-electron chi connectivity index (χ0n) is 13.4. The van der Waals surface area contributed by atoms with E-state index in [1.807, 2.05) is 31.2 Å². The van der Waals surface area contributed by atoms with Crippen molar-refractivity contribution in [3.8, 4) is 11.5 Å². The molecule has 1 N–H and O–H groups in total. The topological polar surface area (TPSA) is 47.6 Å². The Kier molecular flexibility index (Phi) is 5.88. The van der Waals surface area contributed by atoms with Gasteiger partial charge in [-0.3, -0.25) is 4.79 Å². The van der Waals surface area contributed by atoms with E-state index >= 15 is 0 Å². The molecule has 0 aliphatic rings. The maximum Gasteiger partial charge on any atom is 0.261 e. The van der Waals surface area contributed by atoms with Gasteiger partial charge in [0.25, 0.3) is 5.91 Å². The molecule has 2 aromatic carbocycles. The van der Waals surface area contributed by atoms with E-state index in [9.17, 15) is 4.79 Å². The summed E-state index contributed by atoms with van der Waals surface area (Å²) in [7, 11) is 1.62. The zero-order valence-corrected chi connectivity index (χ0v) is 14.1. The standard InChI is InChI=1S/C18H20ClNO3/c1-12(14-4-8-16(22-3)9-5-14)20-18(21)13(2)23-17-10-6-15(19)7-11-17/h4-13H,1-3H3,(H,20,21)/t12-,13+/m0/s1. The average Bonchev–Trinajstić information content (AvgIpc) is 2.56. The minimum atomic E-state index is -0.600. The summed E-state index contributed by atoms with van der Waals surface area (Å²) in [5.74, 6) is 1.21. The van der Waals surface area contributed by atoms with Crippen LogP contribution in [0.4, 0.5) is 0 Å². The van der Waals surface area contributed by atoms with E-state index in [2.05, 4.69) is 5.32 Å². The quantitative estimate of drug-likeness (QED) is 0.869. The lowest BCUT2D eigenvalue weighted by Gasteiger charge is -2.19. The van der Waals surface area contributed by atoms with Crippen LogP contribution in [0.3, 0.4) is 0 Å². The fourth-order valence-corrected chi connectivity index (χ4v) is 2.20. The molecule has 1 amide bonds. The summed E-state index contributed by atoms with van der Waals surface area (Å²) in [6, 6.07) is 14.4. The normalized spacial score (nSPS) is 13.0.